The number of nitrogens with zero attached hydrogens (tertiary/aromatic N) is 4. The first-order valence-electron chi connectivity index (χ1n) is 14.5. The van der Waals surface area contributed by atoms with E-state index in [1.807, 2.05) is 0 Å². The summed E-state index contributed by atoms with van der Waals surface area (Å²) < 4.78 is 23.5. The fraction of sp³-hybridized carbons (Fsp3) is 0.655. The Hall–Kier alpha value is -1.99. The van der Waals surface area contributed by atoms with E-state index in [0.717, 1.165) is 85.5 Å². The van der Waals surface area contributed by atoms with E-state index in [2.05, 4.69) is 86.3 Å². The van der Waals surface area contributed by atoms with E-state index >= 15 is 0 Å². The van der Waals surface area contributed by atoms with Crippen molar-refractivity contribution >= 4 is 27.3 Å². The second-order valence-electron chi connectivity index (χ2n) is 13.9. The molecule has 10 heteroatoms. The van der Waals surface area contributed by atoms with Crippen LogP contribution in [0.2, 0.25) is 43.8 Å². The predicted molar refractivity (Wildman–Crippen MR) is 162 cm³/mol. The maximum atomic E-state index is 6.74. The van der Waals surface area contributed by atoms with Crippen LogP contribution in [0.25, 0.3) is 22.4 Å². The Labute approximate surface area is 235 Å². The van der Waals surface area contributed by atoms with Crippen LogP contribution in [0.15, 0.2) is 18.2 Å². The molecule has 0 bridgehead atoms. The minimum Gasteiger partial charge on any atom is -0.543 e. The van der Waals surface area contributed by atoms with Crippen molar-refractivity contribution in [2.24, 2.45) is 0 Å². The Morgan fingerprint density at radius 3 is 2.59 bits per heavy atom. The first-order chi connectivity index (χ1) is 18.3. The van der Waals surface area contributed by atoms with Crippen molar-refractivity contribution in [3.63, 3.8) is 0 Å². The molecule has 2 aliphatic rings. The number of hydrogen-bond acceptors (Lipinski definition) is 6. The average molecular weight is 570 g/mol. The average Bonchev–Trinajstić information content (AvgIpc) is 3.54. The molecule has 1 fully saturated rings. The van der Waals surface area contributed by atoms with E-state index < -0.39 is 16.4 Å². The molecule has 8 nitrogen and oxygen atoms in total. The van der Waals surface area contributed by atoms with E-state index in [1.54, 1.807) is 0 Å². The van der Waals surface area contributed by atoms with Gasteiger partial charge in [-0.05, 0) is 61.6 Å². The Balaban J connectivity index is 1.57. The Morgan fingerprint density at radius 1 is 1.10 bits per heavy atom. The summed E-state index contributed by atoms with van der Waals surface area (Å²) in [5.74, 6) is 1.77. The molecule has 4 heterocycles. The molecule has 1 N–H and O–H groups in total. The number of rotatable bonds is 9. The summed E-state index contributed by atoms with van der Waals surface area (Å²) >= 11 is 0. The highest BCUT2D eigenvalue weighted by molar-refractivity contribution is 6.76. The van der Waals surface area contributed by atoms with Crippen LogP contribution in [0.3, 0.4) is 0 Å². The molecular formula is C29H47N5O3Si2. The molecular weight excluding hydrogens is 523 g/mol. The summed E-state index contributed by atoms with van der Waals surface area (Å²) in [6.45, 7) is 22.2. The van der Waals surface area contributed by atoms with E-state index in [4.69, 9.17) is 24.0 Å². The highest BCUT2D eigenvalue weighted by Crippen LogP contribution is 2.40. The van der Waals surface area contributed by atoms with Gasteiger partial charge in [-0.3, -0.25) is 0 Å². The summed E-state index contributed by atoms with van der Waals surface area (Å²) in [6, 6.07) is 7.57. The molecule has 5 rings (SSSR count). The minimum atomic E-state index is -2.00. The number of imidazole rings is 1. The number of benzene rings is 1. The second-order valence-corrected chi connectivity index (χ2v) is 24.2. The smallest absolute Gasteiger partial charge is 0.250 e. The van der Waals surface area contributed by atoms with Crippen molar-refractivity contribution in [2.75, 3.05) is 13.2 Å². The molecule has 1 atom stereocenters. The molecule has 1 unspecified atom stereocenters. The Kier molecular flexibility index (Phi) is 7.88. The van der Waals surface area contributed by atoms with Gasteiger partial charge in [-0.15, -0.1) is 0 Å². The lowest BCUT2D eigenvalue weighted by Gasteiger charge is -2.36. The zero-order valence-corrected chi connectivity index (χ0v) is 27.2. The lowest BCUT2D eigenvalue weighted by Crippen LogP contribution is -2.43. The van der Waals surface area contributed by atoms with Crippen molar-refractivity contribution in [3.8, 4) is 17.3 Å². The lowest BCUT2D eigenvalue weighted by molar-refractivity contribution is -0.0365. The normalized spacial score (nSPS) is 18.6. The van der Waals surface area contributed by atoms with Gasteiger partial charge in [0.1, 0.15) is 18.2 Å². The number of hydrogen-bond donors (Lipinski definition) is 1. The van der Waals surface area contributed by atoms with Crippen LogP contribution in [-0.4, -0.2) is 48.9 Å². The van der Waals surface area contributed by atoms with Gasteiger partial charge in [-0.25, -0.2) is 9.67 Å². The topological polar surface area (TPSA) is 75.4 Å². The van der Waals surface area contributed by atoms with Crippen molar-refractivity contribution in [2.45, 2.75) is 110 Å². The summed E-state index contributed by atoms with van der Waals surface area (Å²) in [6.07, 6.45) is 3.15. The monoisotopic (exact) mass is 569 g/mol. The van der Waals surface area contributed by atoms with Crippen molar-refractivity contribution in [1.82, 2.24) is 24.6 Å². The number of ether oxygens (including phenoxy) is 2. The fourth-order valence-corrected chi connectivity index (χ4v) is 6.74. The second kappa shape index (κ2) is 10.8. The lowest BCUT2D eigenvalue weighted by atomic mass is 10.1. The van der Waals surface area contributed by atoms with Crippen LogP contribution >= 0.6 is 0 Å². The van der Waals surface area contributed by atoms with Gasteiger partial charge in [0.2, 0.25) is 8.32 Å². The van der Waals surface area contributed by atoms with Crippen molar-refractivity contribution < 1.29 is 13.9 Å². The molecule has 2 aliphatic heterocycles. The first kappa shape index (κ1) is 28.5. The SMILES string of the molecule is CC(C)(C)[Si](C)(C)Oc1ccc2c(c1)c(-c1nc3c(n1COCC[Si](C)(C)C)CNC3)nn2C1CCCCO1. The molecule has 1 saturated heterocycles. The van der Waals surface area contributed by atoms with E-state index in [0.29, 0.717) is 6.73 Å². The van der Waals surface area contributed by atoms with Gasteiger partial charge in [0, 0.05) is 39.8 Å². The minimum absolute atomic E-state index is 0.0629. The van der Waals surface area contributed by atoms with E-state index in [-0.39, 0.29) is 11.3 Å². The number of aromatic nitrogens is 4. The largest absolute Gasteiger partial charge is 0.543 e. The van der Waals surface area contributed by atoms with Crippen molar-refractivity contribution in [3.05, 3.63) is 29.6 Å². The summed E-state index contributed by atoms with van der Waals surface area (Å²) in [4.78, 5) is 5.12. The maximum Gasteiger partial charge on any atom is 0.250 e. The molecule has 39 heavy (non-hydrogen) atoms. The molecule has 0 saturated carbocycles. The predicted octanol–water partition coefficient (Wildman–Crippen LogP) is 6.90. The van der Waals surface area contributed by atoms with Gasteiger partial charge in [-0.2, -0.15) is 5.10 Å². The van der Waals surface area contributed by atoms with Crippen LogP contribution in [0.4, 0.5) is 0 Å². The summed E-state index contributed by atoms with van der Waals surface area (Å²) in [5, 5.41) is 9.83. The number of fused-ring (bicyclic) bond motifs is 2. The van der Waals surface area contributed by atoms with Gasteiger partial charge in [0.05, 0.1) is 16.9 Å². The molecule has 3 aromatic rings. The summed E-state index contributed by atoms with van der Waals surface area (Å²) in [7, 11) is -3.17. The van der Waals surface area contributed by atoms with Gasteiger partial charge < -0.3 is 23.8 Å². The third-order valence-electron chi connectivity index (χ3n) is 8.45. The molecule has 0 aliphatic carbocycles. The maximum absolute atomic E-state index is 6.74. The zero-order chi connectivity index (χ0) is 28.0. The molecule has 0 amide bonds. The molecule has 0 radical (unpaired) electrons. The fourth-order valence-electron chi connectivity index (χ4n) is 4.96. The third kappa shape index (κ3) is 6.05. The zero-order valence-electron chi connectivity index (χ0n) is 25.2. The molecule has 214 valence electrons. The van der Waals surface area contributed by atoms with Crippen LogP contribution in [0.5, 0.6) is 5.75 Å². The van der Waals surface area contributed by atoms with Crippen LogP contribution in [-0.2, 0) is 29.3 Å². The van der Waals surface area contributed by atoms with Crippen LogP contribution in [0.1, 0.15) is 57.6 Å². The van der Waals surface area contributed by atoms with Crippen molar-refractivity contribution in [1.29, 1.82) is 0 Å². The third-order valence-corrected chi connectivity index (χ3v) is 14.5. The quantitative estimate of drug-likeness (QED) is 0.223. The number of nitrogens with one attached hydrogen (secondary N) is 1. The molecule has 0 spiro atoms. The molecule has 1 aromatic carbocycles. The highest BCUT2D eigenvalue weighted by Gasteiger charge is 2.39. The van der Waals surface area contributed by atoms with Crippen LogP contribution in [0, 0.1) is 0 Å². The highest BCUT2D eigenvalue weighted by atomic mass is 28.4. The van der Waals surface area contributed by atoms with E-state index in [1.165, 1.54) is 5.69 Å². The Bertz CT molecular complexity index is 1310. The van der Waals surface area contributed by atoms with Gasteiger partial charge in [0.15, 0.2) is 12.1 Å². The van der Waals surface area contributed by atoms with Gasteiger partial charge in [-0.1, -0.05) is 40.4 Å². The molecule has 2 aromatic heterocycles. The van der Waals surface area contributed by atoms with Crippen LogP contribution < -0.4 is 9.74 Å². The van der Waals surface area contributed by atoms with Gasteiger partial charge in [0.25, 0.3) is 0 Å². The first-order valence-corrected chi connectivity index (χ1v) is 21.2. The van der Waals surface area contributed by atoms with E-state index in [9.17, 15) is 0 Å². The standard InChI is InChI=1S/C29H47N5O3Si2/c1-29(2,3)39(7,8)37-21-12-13-24-22(17-21)27(32-34(24)26-11-9-10-14-36-26)28-31-23-18-30-19-25(23)33(28)20-35-15-16-38(4,5)6/h12-13,17,26,30H,9-11,14-16,18-20H2,1-8H3. The van der Waals surface area contributed by atoms with Gasteiger partial charge >= 0.3 is 0 Å². The Morgan fingerprint density at radius 2 is 1.90 bits per heavy atom. The summed E-state index contributed by atoms with van der Waals surface area (Å²) in [5.41, 5.74) is 4.22.